The normalized spacial score (nSPS) is 28.4. The number of methoxy groups -OCH3 is 1. The summed E-state index contributed by atoms with van der Waals surface area (Å²) in [6.45, 7) is 4.33. The molecule has 2 heterocycles. The first-order valence-electron chi connectivity index (χ1n) is 8.97. The molecule has 1 fully saturated rings. The highest BCUT2D eigenvalue weighted by molar-refractivity contribution is 6.61. The predicted octanol–water partition coefficient (Wildman–Crippen LogP) is 0.922. The average molecular weight is 257 g/mol. The lowest BCUT2D eigenvalue weighted by Gasteiger charge is -2.32. The van der Waals surface area contributed by atoms with Crippen molar-refractivity contribution in [3.63, 3.8) is 0 Å². The molecule has 0 aromatic carbocycles. The molecule has 0 atom stereocenters. The van der Waals surface area contributed by atoms with E-state index in [-0.39, 0.29) is 5.46 Å². The van der Waals surface area contributed by atoms with Crippen molar-refractivity contribution in [2.24, 2.45) is 0 Å². The number of aromatic nitrogens is 2. The minimum atomic E-state index is -3.03. The molecule has 0 amide bonds. The zero-order valence-electron chi connectivity index (χ0n) is 17.7. The summed E-state index contributed by atoms with van der Waals surface area (Å²) in [6, 6.07) is 0. The summed E-state index contributed by atoms with van der Waals surface area (Å²) >= 11 is 0. The highest BCUT2D eigenvalue weighted by Crippen LogP contribution is 2.36. The van der Waals surface area contributed by atoms with Gasteiger partial charge in [-0.1, -0.05) is 0 Å². The van der Waals surface area contributed by atoms with Crippen LogP contribution in [0.4, 0.5) is 0 Å². The van der Waals surface area contributed by atoms with Crippen LogP contribution in [0.15, 0.2) is 12.3 Å². The van der Waals surface area contributed by atoms with Crippen LogP contribution in [-0.2, 0) is 20.6 Å². The Morgan fingerprint density at radius 1 is 1.33 bits per heavy atom. The quantitative estimate of drug-likeness (QED) is 0.754. The maximum atomic E-state index is 7.99. The monoisotopic (exact) mass is 257 g/mol. The molecule has 98 valence electrons. The van der Waals surface area contributed by atoms with Crippen molar-refractivity contribution in [1.82, 2.24) is 9.97 Å². The molecule has 18 heavy (non-hydrogen) atoms. The summed E-state index contributed by atoms with van der Waals surface area (Å²) in [5, 5.41) is 0. The molecule has 0 saturated carbocycles. The van der Waals surface area contributed by atoms with Crippen molar-refractivity contribution < 1.29 is 23.6 Å². The Hall–Kier alpha value is -0.975. The van der Waals surface area contributed by atoms with Crippen molar-refractivity contribution in [1.29, 1.82) is 0 Å². The molecule has 1 aromatic heterocycles. The Morgan fingerprint density at radius 2 is 1.89 bits per heavy atom. The van der Waals surface area contributed by atoms with Gasteiger partial charge >= 0.3 is 7.12 Å². The lowest BCUT2D eigenvalue weighted by Crippen LogP contribution is -2.41. The third-order valence-electron chi connectivity index (χ3n) is 3.20. The molecule has 0 bridgehead atoms. The van der Waals surface area contributed by atoms with Gasteiger partial charge in [-0.15, -0.1) is 0 Å². The third kappa shape index (κ3) is 2.41. The fourth-order valence-electron chi connectivity index (χ4n) is 1.43. The number of ether oxygens (including phenoxy) is 1. The number of hydrogen-bond donors (Lipinski definition) is 0. The predicted molar refractivity (Wildman–Crippen MR) is 68.5 cm³/mol. The molecule has 0 unspecified atom stereocenters. The summed E-state index contributed by atoms with van der Waals surface area (Å²) < 4.78 is 68.1. The molecule has 1 saturated heterocycles. The van der Waals surface area contributed by atoms with Gasteiger partial charge in [-0.05, 0) is 27.7 Å². The van der Waals surface area contributed by atoms with E-state index in [9.17, 15) is 0 Å². The first kappa shape index (κ1) is 6.98. The molecular formula is C12H19BN2O3. The third-order valence-corrected chi connectivity index (χ3v) is 3.20. The van der Waals surface area contributed by atoms with Gasteiger partial charge in [-0.2, -0.15) is 0 Å². The van der Waals surface area contributed by atoms with E-state index in [1.54, 1.807) is 27.7 Å². The zero-order valence-corrected chi connectivity index (χ0v) is 10.7. The minimum absolute atomic E-state index is 0.0629. The van der Waals surface area contributed by atoms with Crippen molar-refractivity contribution >= 4 is 12.6 Å². The van der Waals surface area contributed by atoms with Crippen molar-refractivity contribution in [2.45, 2.75) is 45.5 Å². The maximum Gasteiger partial charge on any atom is 0.498 e. The highest BCUT2D eigenvalue weighted by Gasteiger charge is 2.51. The smallest absolute Gasteiger partial charge is 0.399 e. The highest BCUT2D eigenvalue weighted by atomic mass is 16.7. The van der Waals surface area contributed by atoms with E-state index in [1.165, 1.54) is 0 Å². The van der Waals surface area contributed by atoms with Crippen LogP contribution in [0.3, 0.4) is 0 Å². The summed E-state index contributed by atoms with van der Waals surface area (Å²) in [4.78, 5) is 7.31. The molecule has 0 radical (unpaired) electrons. The maximum absolute atomic E-state index is 7.99. The van der Waals surface area contributed by atoms with Crippen LogP contribution in [0, 0.1) is 0 Å². The van der Waals surface area contributed by atoms with Crippen LogP contribution < -0.4 is 5.46 Å². The molecular weight excluding hydrogens is 231 g/mol. The van der Waals surface area contributed by atoms with Crippen molar-refractivity contribution in [3.05, 3.63) is 18.2 Å². The number of nitrogens with zero attached hydrogens (tertiary/aromatic N) is 2. The molecule has 0 N–H and O–H groups in total. The van der Waals surface area contributed by atoms with Crippen LogP contribution in [0.25, 0.3) is 0 Å². The van der Waals surface area contributed by atoms with Gasteiger partial charge in [0.1, 0.15) is 6.56 Å². The Labute approximate surface area is 118 Å². The van der Waals surface area contributed by atoms with Gasteiger partial charge < -0.3 is 14.0 Å². The van der Waals surface area contributed by atoms with E-state index >= 15 is 0 Å². The first-order chi connectivity index (χ1) is 11.1. The number of rotatable bonds is 3. The fourth-order valence-corrected chi connectivity index (χ4v) is 1.43. The van der Waals surface area contributed by atoms with E-state index in [1.807, 2.05) is 0 Å². The summed E-state index contributed by atoms with van der Waals surface area (Å²) in [7, 11) is -4.09. The van der Waals surface area contributed by atoms with Gasteiger partial charge in [0.05, 0.1) is 20.8 Å². The molecule has 0 spiro atoms. The van der Waals surface area contributed by atoms with Crippen LogP contribution in [-0.4, -0.2) is 35.3 Å². The van der Waals surface area contributed by atoms with E-state index < -0.39 is 50.1 Å². The topological polar surface area (TPSA) is 53.5 Å². The summed E-state index contributed by atoms with van der Waals surface area (Å²) in [5.41, 5.74) is -1.46. The number of hydrogen-bond acceptors (Lipinski definition) is 5. The largest absolute Gasteiger partial charge is 0.498 e. The molecule has 1 aromatic rings. The van der Waals surface area contributed by atoms with Gasteiger partial charge in [-0.25, -0.2) is 9.97 Å². The van der Waals surface area contributed by atoms with Crippen molar-refractivity contribution in [2.75, 3.05) is 7.04 Å². The molecule has 2 rings (SSSR count). The van der Waals surface area contributed by atoms with Gasteiger partial charge in [0.15, 0.2) is 5.82 Å². The van der Waals surface area contributed by atoms with Crippen LogP contribution in [0.5, 0.6) is 0 Å². The molecule has 0 aliphatic carbocycles. The first-order valence-corrected chi connectivity index (χ1v) is 5.47. The van der Waals surface area contributed by atoms with Crippen LogP contribution >= 0.6 is 0 Å². The average Bonchev–Trinajstić information content (AvgIpc) is 2.53. The second-order valence-electron chi connectivity index (χ2n) is 4.98. The van der Waals surface area contributed by atoms with Gasteiger partial charge in [0, 0.05) is 24.8 Å². The van der Waals surface area contributed by atoms with Gasteiger partial charge in [0.2, 0.25) is 0 Å². The molecule has 5 nitrogen and oxygen atoms in total. The second kappa shape index (κ2) is 4.61. The van der Waals surface area contributed by atoms with E-state index in [2.05, 4.69) is 14.7 Å². The molecule has 1 aliphatic rings. The lowest BCUT2D eigenvalue weighted by molar-refractivity contribution is 0.00578. The van der Waals surface area contributed by atoms with Gasteiger partial charge in [-0.3, -0.25) is 0 Å². The van der Waals surface area contributed by atoms with Crippen LogP contribution in [0.1, 0.15) is 43.1 Å². The second-order valence-corrected chi connectivity index (χ2v) is 4.98. The SMILES string of the molecule is [2H]c1nc(C([2H])([2H])OC([2H])([2H])[2H])nc([2H])c1B1OC(C)(C)C(C)(C)O1. The van der Waals surface area contributed by atoms with Gasteiger partial charge in [0.25, 0.3) is 0 Å². The zero-order chi connectivity index (χ0) is 19.4. The van der Waals surface area contributed by atoms with E-state index in [4.69, 9.17) is 18.9 Å². The van der Waals surface area contributed by atoms with Crippen LogP contribution in [0.2, 0.25) is 0 Å². The molecule has 6 heteroatoms. The minimum Gasteiger partial charge on any atom is -0.399 e. The Balaban J connectivity index is 2.40. The van der Waals surface area contributed by atoms with E-state index in [0.717, 1.165) is 0 Å². The Morgan fingerprint density at radius 3 is 2.39 bits per heavy atom. The summed E-state index contributed by atoms with van der Waals surface area (Å²) in [5.74, 6) is -0.723. The van der Waals surface area contributed by atoms with Crippen molar-refractivity contribution in [3.8, 4) is 0 Å². The Bertz CT molecular complexity index is 642. The summed E-state index contributed by atoms with van der Waals surface area (Å²) in [6.07, 6.45) is -0.988. The molecule has 1 aliphatic heterocycles. The Kier molecular flexibility index (Phi) is 1.79. The van der Waals surface area contributed by atoms with E-state index in [0.29, 0.717) is 0 Å². The lowest BCUT2D eigenvalue weighted by atomic mass is 9.81. The fraction of sp³-hybridized carbons (Fsp3) is 0.667. The standard InChI is InChI=1S/C12H19BN2O3/c1-11(2)12(3,4)18-13(17-11)9-6-14-10(8-16-5)15-7-9/h6-7H,8H2,1-5H3/i5D3,6D,7D,8D2.